The lowest BCUT2D eigenvalue weighted by Gasteiger charge is -2.03. The summed E-state index contributed by atoms with van der Waals surface area (Å²) in [5.74, 6) is -0.625. The van der Waals surface area contributed by atoms with Gasteiger partial charge in [-0.15, -0.1) is 0 Å². The first kappa shape index (κ1) is 11.9. The number of halogens is 2. The summed E-state index contributed by atoms with van der Waals surface area (Å²) in [5.41, 5.74) is 0.641. The van der Waals surface area contributed by atoms with E-state index in [1.807, 2.05) is 0 Å². The number of carbonyl (C=O) groups excluding carboxylic acids is 1. The molecule has 1 aromatic heterocycles. The number of Topliss-reactive ketones (excluding diaryl/α,β-unsaturated/α-hetero) is 1. The summed E-state index contributed by atoms with van der Waals surface area (Å²) in [6.07, 6.45) is 2.77. The number of carbonyl (C=O) groups is 1. The van der Waals surface area contributed by atoms with Crippen LogP contribution in [0.5, 0.6) is 0 Å². The van der Waals surface area contributed by atoms with Crippen molar-refractivity contribution in [3.05, 3.63) is 58.3 Å². The predicted octanol–water partition coefficient (Wildman–Crippen LogP) is 2.80. The smallest absolute Gasteiger partial charge is 0.185 e. The third-order valence-corrected chi connectivity index (χ3v) is 2.72. The first-order chi connectivity index (χ1) is 8.16. The molecule has 3 nitrogen and oxygen atoms in total. The fourth-order valence-corrected chi connectivity index (χ4v) is 1.81. The van der Waals surface area contributed by atoms with Crippen LogP contribution in [0.25, 0.3) is 0 Å². The Hall–Kier alpha value is -1.62. The Morgan fingerprint density at radius 3 is 2.88 bits per heavy atom. The van der Waals surface area contributed by atoms with E-state index in [2.05, 4.69) is 25.9 Å². The molecule has 2 aromatic rings. The second kappa shape index (κ2) is 5.14. The minimum Gasteiger partial charge on any atom is -0.292 e. The number of hydrogen-bond acceptors (Lipinski definition) is 3. The molecule has 0 fully saturated rings. The molecule has 0 bridgehead atoms. The van der Waals surface area contributed by atoms with Crippen LogP contribution in [0.2, 0.25) is 0 Å². The Morgan fingerprint density at radius 2 is 2.18 bits per heavy atom. The molecule has 2 rings (SSSR count). The van der Waals surface area contributed by atoms with E-state index in [1.54, 1.807) is 12.1 Å². The van der Waals surface area contributed by atoms with Crippen molar-refractivity contribution in [2.45, 2.75) is 6.42 Å². The molecule has 0 aliphatic carbocycles. The van der Waals surface area contributed by atoms with Crippen molar-refractivity contribution in [2.75, 3.05) is 0 Å². The van der Waals surface area contributed by atoms with E-state index >= 15 is 0 Å². The van der Waals surface area contributed by atoms with Crippen molar-refractivity contribution in [1.82, 2.24) is 9.97 Å². The summed E-state index contributed by atoms with van der Waals surface area (Å²) < 4.78 is 14.2. The molecule has 17 heavy (non-hydrogen) atoms. The largest absolute Gasteiger partial charge is 0.292 e. The van der Waals surface area contributed by atoms with Gasteiger partial charge in [0.2, 0.25) is 0 Å². The van der Waals surface area contributed by atoms with Gasteiger partial charge in [0.1, 0.15) is 17.8 Å². The van der Waals surface area contributed by atoms with Crippen LogP contribution in [-0.2, 0) is 6.42 Å². The minimum absolute atomic E-state index is 0.0116. The highest BCUT2D eigenvalue weighted by Crippen LogP contribution is 2.17. The average molecular weight is 295 g/mol. The zero-order chi connectivity index (χ0) is 12.3. The zero-order valence-electron chi connectivity index (χ0n) is 8.73. The summed E-state index contributed by atoms with van der Waals surface area (Å²) in [5, 5.41) is 0. The van der Waals surface area contributed by atoms with Gasteiger partial charge in [0.05, 0.1) is 0 Å². The number of benzene rings is 1. The summed E-state index contributed by atoms with van der Waals surface area (Å²) in [4.78, 5) is 19.4. The molecular formula is C12H8BrFN2O. The summed E-state index contributed by atoms with van der Waals surface area (Å²) >= 11 is 3.24. The average Bonchev–Trinajstić information content (AvgIpc) is 2.35. The van der Waals surface area contributed by atoms with Crippen molar-refractivity contribution in [2.24, 2.45) is 0 Å². The maximum Gasteiger partial charge on any atom is 0.185 e. The van der Waals surface area contributed by atoms with Gasteiger partial charge in [0.15, 0.2) is 5.78 Å². The fourth-order valence-electron chi connectivity index (χ4n) is 1.40. The Morgan fingerprint density at radius 1 is 1.35 bits per heavy atom. The van der Waals surface area contributed by atoms with Crippen LogP contribution in [0.4, 0.5) is 4.39 Å². The van der Waals surface area contributed by atoms with E-state index in [0.29, 0.717) is 11.3 Å². The maximum atomic E-state index is 13.4. The highest BCUT2D eigenvalue weighted by atomic mass is 79.9. The van der Waals surface area contributed by atoms with Crippen molar-refractivity contribution in [3.63, 3.8) is 0 Å². The van der Waals surface area contributed by atoms with Gasteiger partial charge in [0.25, 0.3) is 0 Å². The van der Waals surface area contributed by atoms with E-state index in [1.165, 1.54) is 24.7 Å². The number of ketones is 1. The van der Waals surface area contributed by atoms with Crippen LogP contribution in [0.3, 0.4) is 0 Å². The lowest BCUT2D eigenvalue weighted by molar-refractivity contribution is 0.0987. The van der Waals surface area contributed by atoms with Crippen LogP contribution >= 0.6 is 15.9 Å². The summed E-state index contributed by atoms with van der Waals surface area (Å²) in [7, 11) is 0. The van der Waals surface area contributed by atoms with E-state index in [4.69, 9.17) is 0 Å². The summed E-state index contributed by atoms with van der Waals surface area (Å²) in [6.45, 7) is 0. The second-order valence-electron chi connectivity index (χ2n) is 3.43. The lowest BCUT2D eigenvalue weighted by atomic mass is 10.1. The third kappa shape index (κ3) is 2.94. The van der Waals surface area contributed by atoms with Gasteiger partial charge >= 0.3 is 0 Å². The molecular weight excluding hydrogens is 287 g/mol. The molecule has 0 amide bonds. The first-order valence-corrected chi connectivity index (χ1v) is 5.69. The lowest BCUT2D eigenvalue weighted by Crippen LogP contribution is -2.07. The van der Waals surface area contributed by atoms with Crippen LogP contribution in [0.1, 0.15) is 16.1 Å². The minimum atomic E-state index is -0.393. The molecule has 1 heterocycles. The molecule has 0 radical (unpaired) electrons. The molecule has 0 N–H and O–H groups in total. The fraction of sp³-hybridized carbons (Fsp3) is 0.0833. The Balaban J connectivity index is 2.22. The van der Waals surface area contributed by atoms with Crippen LogP contribution < -0.4 is 0 Å². The van der Waals surface area contributed by atoms with Crippen LogP contribution in [0.15, 0.2) is 41.3 Å². The van der Waals surface area contributed by atoms with E-state index in [-0.39, 0.29) is 12.2 Å². The van der Waals surface area contributed by atoms with Gasteiger partial charge in [0, 0.05) is 17.1 Å². The van der Waals surface area contributed by atoms with Crippen LogP contribution in [0, 0.1) is 5.82 Å². The van der Waals surface area contributed by atoms with Gasteiger partial charge in [-0.25, -0.2) is 14.4 Å². The van der Waals surface area contributed by atoms with Crippen molar-refractivity contribution < 1.29 is 9.18 Å². The van der Waals surface area contributed by atoms with Crippen molar-refractivity contribution in [3.8, 4) is 0 Å². The van der Waals surface area contributed by atoms with Gasteiger partial charge in [-0.2, -0.15) is 0 Å². The molecule has 1 aromatic carbocycles. The van der Waals surface area contributed by atoms with Gasteiger partial charge in [-0.1, -0.05) is 15.9 Å². The van der Waals surface area contributed by atoms with Crippen LogP contribution in [-0.4, -0.2) is 15.8 Å². The molecule has 0 aliphatic heterocycles. The topological polar surface area (TPSA) is 42.9 Å². The maximum absolute atomic E-state index is 13.4. The van der Waals surface area contributed by atoms with Crippen molar-refractivity contribution in [1.29, 1.82) is 0 Å². The Labute approximate surface area is 106 Å². The summed E-state index contributed by atoms with van der Waals surface area (Å²) in [6, 6.07) is 6.02. The highest BCUT2D eigenvalue weighted by Gasteiger charge is 2.11. The molecule has 0 unspecified atom stereocenters. The normalized spacial score (nSPS) is 10.2. The molecule has 0 spiro atoms. The predicted molar refractivity (Wildman–Crippen MR) is 64.2 cm³/mol. The molecule has 0 saturated carbocycles. The monoisotopic (exact) mass is 294 g/mol. The van der Waals surface area contributed by atoms with Gasteiger partial charge in [-0.05, 0) is 29.8 Å². The van der Waals surface area contributed by atoms with E-state index < -0.39 is 5.82 Å². The Kier molecular flexibility index (Phi) is 3.58. The molecule has 5 heteroatoms. The number of nitrogens with zero attached hydrogens (tertiary/aromatic N) is 2. The van der Waals surface area contributed by atoms with E-state index in [0.717, 1.165) is 4.47 Å². The molecule has 86 valence electrons. The van der Waals surface area contributed by atoms with E-state index in [9.17, 15) is 9.18 Å². The second-order valence-corrected chi connectivity index (χ2v) is 4.35. The standard InChI is InChI=1S/C12H8BrFN2O/c13-9-1-2-10(14)8(5-9)6-12(17)11-3-4-15-7-16-11/h1-5,7H,6H2. The van der Waals surface area contributed by atoms with Gasteiger partial charge in [-0.3, -0.25) is 4.79 Å². The van der Waals surface area contributed by atoms with Crippen molar-refractivity contribution >= 4 is 21.7 Å². The Bertz CT molecular complexity index is 545. The molecule has 0 aliphatic rings. The number of rotatable bonds is 3. The van der Waals surface area contributed by atoms with Gasteiger partial charge < -0.3 is 0 Å². The quantitative estimate of drug-likeness (QED) is 0.818. The first-order valence-electron chi connectivity index (χ1n) is 4.90. The molecule has 0 atom stereocenters. The molecule has 0 saturated heterocycles. The number of hydrogen-bond donors (Lipinski definition) is 0. The zero-order valence-corrected chi connectivity index (χ0v) is 10.3. The number of aromatic nitrogens is 2. The third-order valence-electron chi connectivity index (χ3n) is 2.23. The highest BCUT2D eigenvalue weighted by molar-refractivity contribution is 9.10. The SMILES string of the molecule is O=C(Cc1cc(Br)ccc1F)c1ccncn1.